The van der Waals surface area contributed by atoms with Gasteiger partial charge in [0.05, 0.1) is 11.0 Å². The van der Waals surface area contributed by atoms with Gasteiger partial charge in [-0.15, -0.1) is 0 Å². The van der Waals surface area contributed by atoms with Crippen LogP contribution < -0.4 is 0 Å². The van der Waals surface area contributed by atoms with E-state index in [1.54, 1.807) is 0 Å². The summed E-state index contributed by atoms with van der Waals surface area (Å²) >= 11 is 0. The van der Waals surface area contributed by atoms with Crippen LogP contribution in [0.5, 0.6) is 0 Å². The Hall–Kier alpha value is -6.38. The van der Waals surface area contributed by atoms with Crippen LogP contribution in [0.25, 0.3) is 98.6 Å². The molecular formula is C46H28N2. The summed E-state index contributed by atoms with van der Waals surface area (Å²) in [6.07, 6.45) is 3.70. The molecule has 2 heteroatoms. The zero-order valence-electron chi connectivity index (χ0n) is 26.1. The molecule has 0 atom stereocenters. The molecule has 0 aliphatic carbocycles. The minimum atomic E-state index is 1.02. The normalized spacial score (nSPS) is 11.8. The quantitative estimate of drug-likeness (QED) is 0.186. The zero-order chi connectivity index (χ0) is 31.6. The van der Waals surface area contributed by atoms with Crippen molar-refractivity contribution in [2.24, 2.45) is 0 Å². The van der Waals surface area contributed by atoms with E-state index < -0.39 is 0 Å². The third kappa shape index (κ3) is 4.20. The molecule has 10 rings (SSSR count). The van der Waals surface area contributed by atoms with Gasteiger partial charge in [-0.2, -0.15) is 0 Å². The Morgan fingerprint density at radius 2 is 0.812 bits per heavy atom. The Balaban J connectivity index is 1.06. The smallest absolute Gasteiger partial charge is 0.0708 e. The zero-order valence-corrected chi connectivity index (χ0v) is 26.1. The van der Waals surface area contributed by atoms with E-state index in [2.05, 4.69) is 156 Å². The Morgan fingerprint density at radius 1 is 0.292 bits per heavy atom. The molecule has 0 bridgehead atoms. The van der Waals surface area contributed by atoms with Crippen molar-refractivity contribution in [1.29, 1.82) is 0 Å². The van der Waals surface area contributed by atoms with Gasteiger partial charge in [0.1, 0.15) is 0 Å². The van der Waals surface area contributed by atoms with Gasteiger partial charge >= 0.3 is 0 Å². The molecule has 0 N–H and O–H groups in total. The monoisotopic (exact) mass is 608 g/mol. The molecule has 0 spiro atoms. The van der Waals surface area contributed by atoms with Gasteiger partial charge in [0.2, 0.25) is 0 Å². The van der Waals surface area contributed by atoms with Crippen molar-refractivity contribution >= 4 is 54.1 Å². The number of benzene rings is 8. The number of fused-ring (bicyclic) bond motifs is 2. The molecule has 48 heavy (non-hydrogen) atoms. The van der Waals surface area contributed by atoms with Gasteiger partial charge in [0.25, 0.3) is 0 Å². The maximum absolute atomic E-state index is 4.56. The Morgan fingerprint density at radius 3 is 1.46 bits per heavy atom. The van der Waals surface area contributed by atoms with Gasteiger partial charge in [0.15, 0.2) is 0 Å². The fourth-order valence-corrected chi connectivity index (χ4v) is 7.59. The number of hydrogen-bond acceptors (Lipinski definition) is 2. The molecule has 0 amide bonds. The first kappa shape index (κ1) is 26.8. The third-order valence-corrected chi connectivity index (χ3v) is 9.95. The topological polar surface area (TPSA) is 25.8 Å². The van der Waals surface area contributed by atoms with Crippen molar-refractivity contribution in [3.05, 3.63) is 170 Å². The predicted octanol–water partition coefficient (Wildman–Crippen LogP) is 12.3. The molecule has 0 saturated carbocycles. The van der Waals surface area contributed by atoms with Crippen LogP contribution in [0.4, 0.5) is 0 Å². The first-order valence-corrected chi connectivity index (χ1v) is 16.4. The highest BCUT2D eigenvalue weighted by Gasteiger charge is 2.15. The van der Waals surface area contributed by atoms with Crippen LogP contribution in [-0.2, 0) is 0 Å². The van der Waals surface area contributed by atoms with Crippen LogP contribution in [0.3, 0.4) is 0 Å². The van der Waals surface area contributed by atoms with Crippen LogP contribution >= 0.6 is 0 Å². The van der Waals surface area contributed by atoms with Crippen molar-refractivity contribution in [2.45, 2.75) is 0 Å². The van der Waals surface area contributed by atoms with E-state index in [1.807, 2.05) is 24.5 Å². The van der Waals surface area contributed by atoms with Crippen LogP contribution in [-0.4, -0.2) is 9.97 Å². The van der Waals surface area contributed by atoms with Crippen molar-refractivity contribution in [2.75, 3.05) is 0 Å². The van der Waals surface area contributed by atoms with Crippen molar-refractivity contribution in [1.82, 2.24) is 9.97 Å². The minimum absolute atomic E-state index is 1.02. The Bertz CT molecular complexity index is 2810. The number of hydrogen-bond donors (Lipinski definition) is 0. The number of pyridine rings is 2. The standard InChI is InChI=1S/C46H28N2/c1-5-37(40-6-3-27-48-44(40)7-1)30-12-14-32(15-13-30)39-22-17-34-18-23-41-38(21-16-33-19-24-42(39)46(34)45(33)41)31-10-8-29(9-11-31)35-20-25-43-36(28-35)4-2-26-47-43/h1-28H. The van der Waals surface area contributed by atoms with Gasteiger partial charge in [0, 0.05) is 23.2 Å². The van der Waals surface area contributed by atoms with E-state index >= 15 is 0 Å². The van der Waals surface area contributed by atoms with Crippen LogP contribution in [0.2, 0.25) is 0 Å². The van der Waals surface area contributed by atoms with Crippen molar-refractivity contribution in [3.63, 3.8) is 0 Å². The minimum Gasteiger partial charge on any atom is -0.256 e. The van der Waals surface area contributed by atoms with Crippen LogP contribution in [0, 0.1) is 0 Å². The molecule has 0 aliphatic heterocycles. The lowest BCUT2D eigenvalue weighted by atomic mass is 9.87. The second-order valence-electron chi connectivity index (χ2n) is 12.6. The average Bonchev–Trinajstić information content (AvgIpc) is 3.16. The van der Waals surface area contributed by atoms with Crippen molar-refractivity contribution in [3.8, 4) is 44.5 Å². The summed E-state index contributed by atoms with van der Waals surface area (Å²) in [5.74, 6) is 0. The largest absolute Gasteiger partial charge is 0.256 e. The predicted molar refractivity (Wildman–Crippen MR) is 202 cm³/mol. The second-order valence-corrected chi connectivity index (χ2v) is 12.6. The lowest BCUT2D eigenvalue weighted by Gasteiger charge is -2.17. The summed E-state index contributed by atoms with van der Waals surface area (Å²) in [5.41, 5.74) is 11.8. The van der Waals surface area contributed by atoms with Gasteiger partial charge in [-0.1, -0.05) is 127 Å². The first-order valence-electron chi connectivity index (χ1n) is 16.4. The second kappa shape index (κ2) is 10.6. The molecule has 0 aliphatic rings. The van der Waals surface area contributed by atoms with Gasteiger partial charge < -0.3 is 0 Å². The third-order valence-electron chi connectivity index (χ3n) is 9.95. The summed E-state index contributed by atoms with van der Waals surface area (Å²) in [4.78, 5) is 9.03. The fraction of sp³-hybridized carbons (Fsp3) is 0. The molecule has 2 aromatic heterocycles. The molecule has 0 saturated heterocycles. The van der Waals surface area contributed by atoms with E-state index in [4.69, 9.17) is 0 Å². The van der Waals surface area contributed by atoms with Crippen molar-refractivity contribution < 1.29 is 0 Å². The molecule has 2 heterocycles. The van der Waals surface area contributed by atoms with E-state index in [1.165, 1.54) is 82.2 Å². The molecular weight excluding hydrogens is 581 g/mol. The highest BCUT2D eigenvalue weighted by atomic mass is 14.6. The van der Waals surface area contributed by atoms with E-state index in [9.17, 15) is 0 Å². The SMILES string of the molecule is c1cnc2ccc(-c3ccc(-c4ccc5ccc6c(-c7ccc(-c8cccc9ncccc89)cc7)ccc7ccc4c5c76)cc3)cc2c1. The maximum Gasteiger partial charge on any atom is 0.0708 e. The first-order chi connectivity index (χ1) is 23.8. The molecule has 2 nitrogen and oxygen atoms in total. The molecule has 222 valence electrons. The number of nitrogens with zero attached hydrogens (tertiary/aromatic N) is 2. The Kier molecular flexibility index (Phi) is 5.91. The van der Waals surface area contributed by atoms with Crippen LogP contribution in [0.15, 0.2) is 170 Å². The molecule has 10 aromatic rings. The molecule has 0 radical (unpaired) electrons. The van der Waals surface area contributed by atoms with Crippen LogP contribution in [0.1, 0.15) is 0 Å². The summed E-state index contributed by atoms with van der Waals surface area (Å²) < 4.78 is 0. The van der Waals surface area contributed by atoms with Gasteiger partial charge in [-0.05, 0) is 107 Å². The number of rotatable bonds is 4. The lowest BCUT2D eigenvalue weighted by Crippen LogP contribution is -1.90. The van der Waals surface area contributed by atoms with Gasteiger partial charge in [-0.3, -0.25) is 9.97 Å². The summed E-state index contributed by atoms with van der Waals surface area (Å²) in [5, 5.41) is 10.1. The number of aromatic nitrogens is 2. The fourth-order valence-electron chi connectivity index (χ4n) is 7.59. The summed E-state index contributed by atoms with van der Waals surface area (Å²) in [6, 6.07) is 57.4. The summed E-state index contributed by atoms with van der Waals surface area (Å²) in [7, 11) is 0. The van der Waals surface area contributed by atoms with E-state index in [-0.39, 0.29) is 0 Å². The molecule has 0 unspecified atom stereocenters. The van der Waals surface area contributed by atoms with E-state index in [0.29, 0.717) is 0 Å². The van der Waals surface area contributed by atoms with E-state index in [0.717, 1.165) is 16.4 Å². The highest BCUT2D eigenvalue weighted by Crippen LogP contribution is 2.43. The Labute approximate surface area is 277 Å². The molecule has 0 fully saturated rings. The summed E-state index contributed by atoms with van der Waals surface area (Å²) in [6.45, 7) is 0. The average molecular weight is 609 g/mol. The highest BCUT2D eigenvalue weighted by molar-refractivity contribution is 6.27. The van der Waals surface area contributed by atoms with Gasteiger partial charge in [-0.25, -0.2) is 0 Å². The maximum atomic E-state index is 4.56. The molecule has 8 aromatic carbocycles. The lowest BCUT2D eigenvalue weighted by molar-refractivity contribution is 1.41.